The lowest BCUT2D eigenvalue weighted by Gasteiger charge is -2.06. The number of hydrogen-bond acceptors (Lipinski definition) is 7. The molecular formula is C12H13ClN6OS. The van der Waals surface area contributed by atoms with E-state index in [0.29, 0.717) is 16.7 Å². The molecule has 0 aliphatic rings. The Morgan fingerprint density at radius 3 is 2.52 bits per heavy atom. The van der Waals surface area contributed by atoms with E-state index in [-0.39, 0.29) is 23.6 Å². The maximum atomic E-state index is 11.8. The van der Waals surface area contributed by atoms with Crippen molar-refractivity contribution in [1.82, 2.24) is 20.3 Å². The van der Waals surface area contributed by atoms with E-state index in [0.717, 1.165) is 17.3 Å². The summed E-state index contributed by atoms with van der Waals surface area (Å²) in [6.07, 6.45) is 0. The predicted molar refractivity (Wildman–Crippen MR) is 82.7 cm³/mol. The molecule has 0 aliphatic carbocycles. The standard InChI is InChI=1S/C12H13ClN6OS/c13-8-4-2-1-3-7(8)5-16-9(20)6-21-12-18-10(14)17-11(15)19-12/h1-4H,5-6H2,(H,16,20)(H4,14,15,17,18,19). The number of nitrogen functional groups attached to an aromatic ring is 2. The molecule has 0 saturated heterocycles. The van der Waals surface area contributed by atoms with Crippen molar-refractivity contribution < 1.29 is 4.79 Å². The van der Waals surface area contributed by atoms with Crippen molar-refractivity contribution in [3.8, 4) is 0 Å². The van der Waals surface area contributed by atoms with Crippen LogP contribution in [0, 0.1) is 0 Å². The van der Waals surface area contributed by atoms with Crippen molar-refractivity contribution in [1.29, 1.82) is 0 Å². The van der Waals surface area contributed by atoms with Gasteiger partial charge in [0.25, 0.3) is 0 Å². The number of halogens is 1. The second-order valence-electron chi connectivity index (χ2n) is 3.99. The average molecular weight is 325 g/mol. The Labute approximate surface area is 130 Å². The number of nitrogens with one attached hydrogen (secondary N) is 1. The summed E-state index contributed by atoms with van der Waals surface area (Å²) in [6.45, 7) is 0.362. The molecule has 0 saturated carbocycles. The first-order valence-corrected chi connectivity index (χ1v) is 7.31. The molecule has 7 nitrogen and oxygen atoms in total. The van der Waals surface area contributed by atoms with Crippen LogP contribution in [-0.4, -0.2) is 26.6 Å². The molecule has 0 aliphatic heterocycles. The zero-order valence-corrected chi connectivity index (χ0v) is 12.5. The maximum Gasteiger partial charge on any atom is 0.230 e. The molecule has 2 rings (SSSR count). The molecule has 21 heavy (non-hydrogen) atoms. The van der Waals surface area contributed by atoms with Crippen molar-refractivity contribution in [3.63, 3.8) is 0 Å². The Bertz CT molecular complexity index is 633. The molecule has 1 amide bonds. The molecule has 0 atom stereocenters. The largest absolute Gasteiger partial charge is 0.368 e. The predicted octanol–water partition coefficient (Wildman–Crippen LogP) is 1.10. The van der Waals surface area contributed by atoms with Gasteiger partial charge in [-0.1, -0.05) is 41.6 Å². The molecule has 0 spiro atoms. The Morgan fingerprint density at radius 2 is 1.86 bits per heavy atom. The molecular weight excluding hydrogens is 312 g/mol. The summed E-state index contributed by atoms with van der Waals surface area (Å²) in [5.41, 5.74) is 11.7. The number of carbonyl (C=O) groups is 1. The van der Waals surface area contributed by atoms with Gasteiger partial charge in [-0.15, -0.1) is 0 Å². The number of hydrogen-bond donors (Lipinski definition) is 3. The number of anilines is 2. The summed E-state index contributed by atoms with van der Waals surface area (Å²) in [7, 11) is 0. The number of carbonyl (C=O) groups excluding carboxylic acids is 1. The van der Waals surface area contributed by atoms with Crippen LogP contribution >= 0.6 is 23.4 Å². The zero-order valence-electron chi connectivity index (χ0n) is 10.9. The fourth-order valence-electron chi connectivity index (χ4n) is 1.47. The Hall–Kier alpha value is -2.06. The van der Waals surface area contributed by atoms with Gasteiger partial charge in [-0.2, -0.15) is 15.0 Å². The summed E-state index contributed by atoms with van der Waals surface area (Å²) < 4.78 is 0. The molecule has 9 heteroatoms. The highest BCUT2D eigenvalue weighted by molar-refractivity contribution is 7.99. The van der Waals surface area contributed by atoms with Gasteiger partial charge in [0.2, 0.25) is 17.8 Å². The number of benzene rings is 1. The third-order valence-corrected chi connectivity index (χ3v) is 3.63. The number of rotatable bonds is 5. The van der Waals surface area contributed by atoms with E-state index in [2.05, 4.69) is 20.3 Å². The summed E-state index contributed by atoms with van der Waals surface area (Å²) in [4.78, 5) is 23.2. The first-order valence-electron chi connectivity index (χ1n) is 5.94. The van der Waals surface area contributed by atoms with Crippen molar-refractivity contribution >= 4 is 41.2 Å². The van der Waals surface area contributed by atoms with Gasteiger partial charge in [-0.25, -0.2) is 0 Å². The van der Waals surface area contributed by atoms with E-state index in [1.54, 1.807) is 6.07 Å². The highest BCUT2D eigenvalue weighted by Gasteiger charge is 2.08. The second kappa shape index (κ2) is 7.09. The van der Waals surface area contributed by atoms with Crippen LogP contribution in [0.5, 0.6) is 0 Å². The maximum absolute atomic E-state index is 11.8. The molecule has 1 aromatic carbocycles. The van der Waals surface area contributed by atoms with Crippen molar-refractivity contribution in [3.05, 3.63) is 34.9 Å². The summed E-state index contributed by atoms with van der Waals surface area (Å²) in [6, 6.07) is 7.31. The van der Waals surface area contributed by atoms with Gasteiger partial charge in [0.05, 0.1) is 5.75 Å². The quantitative estimate of drug-likeness (QED) is 0.704. The van der Waals surface area contributed by atoms with Crippen LogP contribution in [0.3, 0.4) is 0 Å². The lowest BCUT2D eigenvalue weighted by molar-refractivity contribution is -0.118. The number of amides is 1. The van der Waals surface area contributed by atoms with E-state index in [9.17, 15) is 4.79 Å². The van der Waals surface area contributed by atoms with Crippen LogP contribution in [0.15, 0.2) is 29.4 Å². The summed E-state index contributed by atoms with van der Waals surface area (Å²) >= 11 is 7.13. The zero-order chi connectivity index (χ0) is 15.2. The third kappa shape index (κ3) is 4.76. The average Bonchev–Trinajstić information content (AvgIpc) is 2.43. The van der Waals surface area contributed by atoms with Crippen LogP contribution < -0.4 is 16.8 Å². The van der Waals surface area contributed by atoms with Gasteiger partial charge >= 0.3 is 0 Å². The summed E-state index contributed by atoms with van der Waals surface area (Å²) in [5.74, 6) is 0.0355. The van der Waals surface area contributed by atoms with E-state index < -0.39 is 0 Å². The highest BCUT2D eigenvalue weighted by Crippen LogP contribution is 2.16. The lowest BCUT2D eigenvalue weighted by Crippen LogP contribution is -2.24. The van der Waals surface area contributed by atoms with Crippen LogP contribution in [0.2, 0.25) is 5.02 Å². The SMILES string of the molecule is Nc1nc(N)nc(SCC(=O)NCc2ccccc2Cl)n1. The Kier molecular flexibility index (Phi) is 5.18. The van der Waals surface area contributed by atoms with Gasteiger partial charge in [-0.3, -0.25) is 4.79 Å². The molecule has 5 N–H and O–H groups in total. The van der Waals surface area contributed by atoms with Crippen LogP contribution in [0.25, 0.3) is 0 Å². The lowest BCUT2D eigenvalue weighted by atomic mass is 10.2. The van der Waals surface area contributed by atoms with E-state index in [1.807, 2.05) is 18.2 Å². The van der Waals surface area contributed by atoms with Crippen molar-refractivity contribution in [2.24, 2.45) is 0 Å². The van der Waals surface area contributed by atoms with Crippen molar-refractivity contribution in [2.75, 3.05) is 17.2 Å². The van der Waals surface area contributed by atoms with Crippen LogP contribution in [0.1, 0.15) is 5.56 Å². The monoisotopic (exact) mass is 324 g/mol. The fraction of sp³-hybridized carbons (Fsp3) is 0.167. The Balaban J connectivity index is 1.84. The first-order chi connectivity index (χ1) is 10.0. The number of nitrogens with zero attached hydrogens (tertiary/aromatic N) is 3. The molecule has 1 aromatic heterocycles. The minimum Gasteiger partial charge on any atom is -0.368 e. The fourth-order valence-corrected chi connectivity index (χ4v) is 2.35. The minimum absolute atomic E-state index is 0.0291. The van der Waals surface area contributed by atoms with E-state index in [4.69, 9.17) is 23.1 Å². The van der Waals surface area contributed by atoms with Crippen molar-refractivity contribution in [2.45, 2.75) is 11.7 Å². The van der Waals surface area contributed by atoms with Crippen LogP contribution in [-0.2, 0) is 11.3 Å². The first kappa shape index (κ1) is 15.3. The molecule has 110 valence electrons. The van der Waals surface area contributed by atoms with Gasteiger partial charge in [0.1, 0.15) is 0 Å². The smallest absolute Gasteiger partial charge is 0.230 e. The molecule has 0 radical (unpaired) electrons. The van der Waals surface area contributed by atoms with E-state index >= 15 is 0 Å². The minimum atomic E-state index is -0.169. The van der Waals surface area contributed by atoms with Gasteiger partial charge < -0.3 is 16.8 Å². The highest BCUT2D eigenvalue weighted by atomic mass is 35.5. The molecule has 0 fully saturated rings. The molecule has 0 bridgehead atoms. The van der Waals surface area contributed by atoms with Gasteiger partial charge in [0, 0.05) is 11.6 Å². The summed E-state index contributed by atoms with van der Waals surface area (Å²) in [5, 5.41) is 3.69. The Morgan fingerprint density at radius 1 is 1.19 bits per heavy atom. The second-order valence-corrected chi connectivity index (χ2v) is 5.34. The third-order valence-electron chi connectivity index (χ3n) is 2.42. The van der Waals surface area contributed by atoms with E-state index in [1.165, 1.54) is 0 Å². The van der Waals surface area contributed by atoms with Crippen LogP contribution in [0.4, 0.5) is 11.9 Å². The number of nitrogens with two attached hydrogens (primary N) is 2. The number of aromatic nitrogens is 3. The molecule has 1 heterocycles. The van der Waals surface area contributed by atoms with Gasteiger partial charge in [0.15, 0.2) is 5.16 Å². The van der Waals surface area contributed by atoms with Gasteiger partial charge in [-0.05, 0) is 11.6 Å². The molecule has 0 unspecified atom stereocenters. The molecule has 2 aromatic rings. The number of thioether (sulfide) groups is 1. The normalized spacial score (nSPS) is 10.3. The topological polar surface area (TPSA) is 120 Å².